The number of hydrogen-bond donors (Lipinski definition) is 3. The first-order valence-corrected chi connectivity index (χ1v) is 10.5. The molecule has 1 atom stereocenters. The van der Waals surface area contributed by atoms with Gasteiger partial charge in [-0.15, -0.1) is 12.4 Å². The van der Waals surface area contributed by atoms with Gasteiger partial charge in [0.25, 0.3) is 0 Å². The number of benzene rings is 3. The minimum absolute atomic E-state index is 0. The first kappa shape index (κ1) is 24.0. The molecule has 6 heteroatoms. The largest absolute Gasteiger partial charge is 0.328 e. The van der Waals surface area contributed by atoms with Crippen molar-refractivity contribution in [2.45, 2.75) is 18.9 Å². The van der Waals surface area contributed by atoms with Crippen LogP contribution in [0.2, 0.25) is 0 Å². The van der Waals surface area contributed by atoms with Crippen molar-refractivity contribution in [3.8, 4) is 11.1 Å². The summed E-state index contributed by atoms with van der Waals surface area (Å²) in [6, 6.07) is 28.0. The molecule has 0 aliphatic rings. The van der Waals surface area contributed by atoms with Crippen LogP contribution in [0.3, 0.4) is 0 Å². The molecular weight excluding hydrogens is 434 g/mol. The summed E-state index contributed by atoms with van der Waals surface area (Å²) >= 11 is 0. The van der Waals surface area contributed by atoms with Crippen LogP contribution in [0.1, 0.15) is 22.6 Å². The van der Waals surface area contributed by atoms with Gasteiger partial charge < -0.3 is 16.0 Å². The normalized spacial score (nSPS) is 11.5. The average Bonchev–Trinajstić information content (AvgIpc) is 2.81. The Morgan fingerprint density at radius 2 is 1.42 bits per heavy atom. The third-order valence-electron chi connectivity index (χ3n) is 5.57. The van der Waals surface area contributed by atoms with Crippen molar-refractivity contribution in [1.29, 1.82) is 0 Å². The first-order valence-electron chi connectivity index (χ1n) is 10.5. The Labute approximate surface area is 199 Å². The van der Waals surface area contributed by atoms with Gasteiger partial charge in [-0.05, 0) is 41.3 Å². The lowest BCUT2D eigenvalue weighted by molar-refractivity contribution is -0.117. The molecule has 1 amide bonds. The van der Waals surface area contributed by atoms with E-state index < -0.39 is 6.04 Å². The number of amides is 1. The monoisotopic (exact) mass is 459 g/mol. The van der Waals surface area contributed by atoms with E-state index in [9.17, 15) is 9.59 Å². The molecule has 0 saturated heterocycles. The van der Waals surface area contributed by atoms with Gasteiger partial charge in [-0.3, -0.25) is 9.59 Å². The number of carbonyl (C=O) groups is 1. The van der Waals surface area contributed by atoms with Crippen LogP contribution in [-0.4, -0.2) is 16.9 Å². The van der Waals surface area contributed by atoms with E-state index in [2.05, 4.69) is 10.3 Å². The van der Waals surface area contributed by atoms with E-state index in [1.165, 1.54) is 0 Å². The van der Waals surface area contributed by atoms with Crippen molar-refractivity contribution in [3.63, 3.8) is 0 Å². The van der Waals surface area contributed by atoms with Gasteiger partial charge in [0.05, 0.1) is 6.04 Å². The molecule has 4 N–H and O–H groups in total. The summed E-state index contributed by atoms with van der Waals surface area (Å²) in [5.41, 5.74) is 11.8. The number of aryl methyl sites for hydroxylation is 1. The minimum Gasteiger partial charge on any atom is -0.328 e. The number of anilines is 1. The minimum atomic E-state index is -0.763. The molecule has 4 rings (SSSR count). The topological polar surface area (TPSA) is 88.0 Å². The third kappa shape index (κ3) is 5.58. The molecule has 168 valence electrons. The number of nitrogens with two attached hydrogens (primary N) is 1. The van der Waals surface area contributed by atoms with Crippen molar-refractivity contribution in [1.82, 2.24) is 4.98 Å². The van der Waals surface area contributed by atoms with Crippen LogP contribution in [0, 0.1) is 6.92 Å². The number of rotatable bonds is 6. The fourth-order valence-electron chi connectivity index (χ4n) is 3.92. The first-order chi connectivity index (χ1) is 15.5. The summed E-state index contributed by atoms with van der Waals surface area (Å²) in [4.78, 5) is 27.2. The Bertz CT molecular complexity index is 1220. The predicted molar refractivity (Wildman–Crippen MR) is 136 cm³/mol. The van der Waals surface area contributed by atoms with Gasteiger partial charge in [0.2, 0.25) is 11.5 Å². The van der Waals surface area contributed by atoms with Crippen LogP contribution >= 0.6 is 12.4 Å². The molecule has 1 heterocycles. The Morgan fingerprint density at radius 1 is 0.879 bits per heavy atom. The van der Waals surface area contributed by atoms with Crippen LogP contribution < -0.4 is 16.6 Å². The summed E-state index contributed by atoms with van der Waals surface area (Å²) in [5, 5.41) is 2.94. The number of nitrogens with one attached hydrogen (secondary N) is 2. The van der Waals surface area contributed by atoms with Crippen molar-refractivity contribution in [2.75, 3.05) is 5.32 Å². The lowest BCUT2D eigenvalue weighted by atomic mass is 9.85. The molecular formula is C27H26ClN3O2. The lowest BCUT2D eigenvalue weighted by Gasteiger charge is -2.24. The standard InChI is InChI=1S/C27H25N3O2.ClH/c1-18-16-24(31)29-17-23(18)19-12-14-22(15-13-19)30-27(32)26(28)25(20-8-4-2-5-9-20)21-10-6-3-7-11-21;/h2-17,25-26H,28H2,1H3,(H,29,31)(H,30,32);1H/t26-;/m0./s1. The summed E-state index contributed by atoms with van der Waals surface area (Å²) in [5.74, 6) is -0.517. The summed E-state index contributed by atoms with van der Waals surface area (Å²) in [6.45, 7) is 1.90. The summed E-state index contributed by atoms with van der Waals surface area (Å²) in [6.07, 6.45) is 1.70. The Morgan fingerprint density at radius 3 is 1.94 bits per heavy atom. The van der Waals surface area contributed by atoms with Gasteiger partial charge in [0.1, 0.15) is 0 Å². The molecule has 0 unspecified atom stereocenters. The maximum absolute atomic E-state index is 13.1. The second-order valence-electron chi connectivity index (χ2n) is 7.79. The van der Waals surface area contributed by atoms with Crippen molar-refractivity contribution < 1.29 is 4.79 Å². The van der Waals surface area contributed by atoms with Gasteiger partial charge in [0.15, 0.2) is 0 Å². The number of hydrogen-bond acceptors (Lipinski definition) is 3. The van der Waals surface area contributed by atoms with E-state index in [-0.39, 0.29) is 29.8 Å². The fourth-order valence-corrected chi connectivity index (χ4v) is 3.92. The summed E-state index contributed by atoms with van der Waals surface area (Å²) in [7, 11) is 0. The Hall–Kier alpha value is -3.67. The number of aromatic nitrogens is 1. The van der Waals surface area contributed by atoms with Crippen LogP contribution in [0.15, 0.2) is 102 Å². The van der Waals surface area contributed by atoms with Gasteiger partial charge >= 0.3 is 0 Å². The van der Waals surface area contributed by atoms with Crippen LogP contribution in [0.25, 0.3) is 11.1 Å². The average molecular weight is 460 g/mol. The number of halogens is 1. The van der Waals surface area contributed by atoms with Gasteiger partial charge in [-0.1, -0.05) is 72.8 Å². The van der Waals surface area contributed by atoms with E-state index in [1.807, 2.05) is 91.9 Å². The molecule has 0 bridgehead atoms. The molecule has 3 aromatic carbocycles. The SMILES string of the molecule is Cc1cc(=O)[nH]cc1-c1ccc(NC(=O)[C@@H](N)C(c2ccccc2)c2ccccc2)cc1.Cl. The highest BCUT2D eigenvalue weighted by Crippen LogP contribution is 2.28. The highest BCUT2D eigenvalue weighted by Gasteiger charge is 2.27. The summed E-state index contributed by atoms with van der Waals surface area (Å²) < 4.78 is 0. The van der Waals surface area contributed by atoms with Crippen LogP contribution in [-0.2, 0) is 4.79 Å². The molecule has 0 aliphatic heterocycles. The number of pyridine rings is 1. The predicted octanol–water partition coefficient (Wildman–Crippen LogP) is 4.87. The van der Waals surface area contributed by atoms with E-state index in [0.717, 1.165) is 27.8 Å². The second-order valence-corrected chi connectivity index (χ2v) is 7.79. The van der Waals surface area contributed by atoms with Crippen LogP contribution in [0.5, 0.6) is 0 Å². The Kier molecular flexibility index (Phi) is 7.83. The zero-order chi connectivity index (χ0) is 22.5. The number of carbonyl (C=O) groups excluding carboxylic acids is 1. The van der Waals surface area contributed by atoms with E-state index >= 15 is 0 Å². The maximum atomic E-state index is 13.1. The van der Waals surface area contributed by atoms with Crippen molar-refractivity contribution >= 4 is 24.0 Å². The van der Waals surface area contributed by atoms with Crippen LogP contribution in [0.4, 0.5) is 5.69 Å². The molecule has 33 heavy (non-hydrogen) atoms. The fraction of sp³-hybridized carbons (Fsp3) is 0.111. The molecule has 5 nitrogen and oxygen atoms in total. The van der Waals surface area contributed by atoms with E-state index in [1.54, 1.807) is 12.3 Å². The van der Waals surface area contributed by atoms with Gasteiger partial charge in [0, 0.05) is 29.4 Å². The molecule has 0 fully saturated rings. The van der Waals surface area contributed by atoms with E-state index in [0.29, 0.717) is 5.69 Å². The molecule has 0 saturated carbocycles. The quantitative estimate of drug-likeness (QED) is 0.384. The van der Waals surface area contributed by atoms with E-state index in [4.69, 9.17) is 5.73 Å². The second kappa shape index (κ2) is 10.8. The highest BCUT2D eigenvalue weighted by atomic mass is 35.5. The van der Waals surface area contributed by atoms with Crippen molar-refractivity contribution in [3.05, 3.63) is 124 Å². The maximum Gasteiger partial charge on any atom is 0.248 e. The highest BCUT2D eigenvalue weighted by molar-refractivity contribution is 5.96. The molecule has 1 aromatic heterocycles. The van der Waals surface area contributed by atoms with Gasteiger partial charge in [-0.25, -0.2) is 0 Å². The molecule has 0 radical (unpaired) electrons. The third-order valence-corrected chi connectivity index (χ3v) is 5.57. The molecule has 0 aliphatic carbocycles. The molecule has 4 aromatic rings. The molecule has 0 spiro atoms. The number of aromatic amines is 1. The zero-order valence-corrected chi connectivity index (χ0v) is 19.0. The van der Waals surface area contributed by atoms with Gasteiger partial charge in [-0.2, -0.15) is 0 Å². The zero-order valence-electron chi connectivity index (χ0n) is 18.2. The Balaban J connectivity index is 0.00000306. The van der Waals surface area contributed by atoms with Crippen molar-refractivity contribution in [2.24, 2.45) is 5.73 Å². The lowest BCUT2D eigenvalue weighted by Crippen LogP contribution is -2.41. The smallest absolute Gasteiger partial charge is 0.248 e. The number of H-pyrrole nitrogens is 1.